The van der Waals surface area contributed by atoms with E-state index in [9.17, 15) is 9.59 Å². The predicted molar refractivity (Wildman–Crippen MR) is 148 cm³/mol. The zero-order valence-electron chi connectivity index (χ0n) is 20.5. The molecule has 5 nitrogen and oxygen atoms in total. The van der Waals surface area contributed by atoms with E-state index in [4.69, 9.17) is 16.6 Å². The summed E-state index contributed by atoms with van der Waals surface area (Å²) < 4.78 is 1.72. The van der Waals surface area contributed by atoms with Crippen LogP contribution in [0.2, 0.25) is 5.02 Å². The second kappa shape index (κ2) is 10.3. The maximum atomic E-state index is 14.2. The zero-order chi connectivity index (χ0) is 25.3. The first-order valence-electron chi connectivity index (χ1n) is 12.4. The second-order valence-electron chi connectivity index (χ2n) is 9.99. The molecule has 1 spiro atoms. The normalized spacial score (nSPS) is 15.7. The number of hydrogen-bond acceptors (Lipinski definition) is 4. The molecule has 1 aromatic heterocycles. The number of allylic oxidation sites excluding steroid dienone is 1. The van der Waals surface area contributed by atoms with Crippen LogP contribution >= 0.6 is 23.4 Å². The molecule has 36 heavy (non-hydrogen) atoms. The average Bonchev–Trinajstić information content (AvgIpc) is 2.85. The van der Waals surface area contributed by atoms with Crippen LogP contribution in [0.25, 0.3) is 11.3 Å². The summed E-state index contributed by atoms with van der Waals surface area (Å²) in [6.07, 6.45) is 6.36. The van der Waals surface area contributed by atoms with Crippen molar-refractivity contribution in [3.8, 4) is 11.3 Å². The maximum absolute atomic E-state index is 14.2. The third kappa shape index (κ3) is 4.89. The van der Waals surface area contributed by atoms with Crippen LogP contribution in [-0.4, -0.2) is 21.2 Å². The number of anilines is 1. The van der Waals surface area contributed by atoms with Gasteiger partial charge in [0.15, 0.2) is 5.16 Å². The molecule has 0 radical (unpaired) electrons. The highest BCUT2D eigenvalue weighted by molar-refractivity contribution is 7.99. The van der Waals surface area contributed by atoms with Gasteiger partial charge in [-0.2, -0.15) is 0 Å². The number of nitrogens with one attached hydrogen (secondary N) is 1. The van der Waals surface area contributed by atoms with Crippen LogP contribution in [0.5, 0.6) is 0 Å². The van der Waals surface area contributed by atoms with Gasteiger partial charge >= 0.3 is 0 Å². The van der Waals surface area contributed by atoms with Gasteiger partial charge in [0.2, 0.25) is 5.91 Å². The van der Waals surface area contributed by atoms with Crippen LogP contribution in [0, 0.1) is 0 Å². The Bertz CT molecular complexity index is 1390. The lowest BCUT2D eigenvalue weighted by molar-refractivity contribution is -0.113. The molecule has 2 aliphatic rings. The maximum Gasteiger partial charge on any atom is 0.258 e. The minimum Gasteiger partial charge on any atom is -0.325 e. The summed E-state index contributed by atoms with van der Waals surface area (Å²) in [5.41, 5.74) is 5.29. The molecule has 2 aromatic carbocycles. The lowest BCUT2D eigenvalue weighted by Gasteiger charge is -2.42. The van der Waals surface area contributed by atoms with Gasteiger partial charge in [-0.3, -0.25) is 14.2 Å². The molecule has 7 heteroatoms. The summed E-state index contributed by atoms with van der Waals surface area (Å²) in [5, 5.41) is 3.98. The Hall–Kier alpha value is -2.83. The summed E-state index contributed by atoms with van der Waals surface area (Å²) >= 11 is 7.33. The number of hydrogen-bond donors (Lipinski definition) is 1. The Morgan fingerprint density at radius 1 is 1.17 bits per heavy atom. The quantitative estimate of drug-likeness (QED) is 0.225. The van der Waals surface area contributed by atoms with E-state index in [0.29, 0.717) is 22.4 Å². The minimum absolute atomic E-state index is 0.0113. The van der Waals surface area contributed by atoms with E-state index in [0.717, 1.165) is 54.5 Å². The highest BCUT2D eigenvalue weighted by atomic mass is 35.5. The number of amides is 1. The second-order valence-corrected chi connectivity index (χ2v) is 11.4. The fourth-order valence-corrected chi connectivity index (χ4v) is 6.62. The van der Waals surface area contributed by atoms with Crippen LogP contribution in [0.15, 0.2) is 70.6 Å². The van der Waals surface area contributed by atoms with Crippen LogP contribution in [0.1, 0.15) is 50.2 Å². The summed E-state index contributed by atoms with van der Waals surface area (Å²) in [6, 6.07) is 15.4. The van der Waals surface area contributed by atoms with Crippen LogP contribution in [0.3, 0.4) is 0 Å². The first-order chi connectivity index (χ1) is 17.4. The van der Waals surface area contributed by atoms with Gasteiger partial charge < -0.3 is 5.32 Å². The molecule has 2 aliphatic carbocycles. The van der Waals surface area contributed by atoms with E-state index in [1.807, 2.05) is 13.0 Å². The average molecular weight is 520 g/mol. The Kier molecular flexibility index (Phi) is 7.09. The highest BCUT2D eigenvalue weighted by Crippen LogP contribution is 2.48. The molecule has 0 bridgehead atoms. The monoisotopic (exact) mass is 519 g/mol. The molecular weight excluding hydrogens is 490 g/mol. The molecule has 1 amide bonds. The molecule has 0 aliphatic heterocycles. The number of carbonyl (C=O) groups is 1. The van der Waals surface area contributed by atoms with Gasteiger partial charge in [0.25, 0.3) is 5.56 Å². The largest absolute Gasteiger partial charge is 0.325 e. The molecule has 0 saturated heterocycles. The van der Waals surface area contributed by atoms with E-state index in [1.54, 1.807) is 28.8 Å². The number of benzene rings is 2. The molecule has 1 fully saturated rings. The molecule has 1 N–H and O–H groups in total. The lowest BCUT2D eigenvalue weighted by Crippen LogP contribution is -2.43. The fourth-order valence-electron chi connectivity index (χ4n) is 5.63. The summed E-state index contributed by atoms with van der Waals surface area (Å²) in [6.45, 7) is 6.35. The molecule has 0 atom stereocenters. The Labute approximate surface area is 221 Å². The standard InChI is InChI=1S/C29H30ClN3O2S/c1-19(2)17-33-27(35)25-26(23-12-5-4-9-20(23)16-29(25)13-6-3-7-14-29)32-28(33)36-18-24(34)31-22-11-8-10-21(30)15-22/h4-5,8-12,15H,1,3,6-7,13-14,16-18H2,2H3,(H,31,34). The topological polar surface area (TPSA) is 64.0 Å². The number of halogens is 1. The van der Waals surface area contributed by atoms with Crippen molar-refractivity contribution in [2.75, 3.05) is 11.1 Å². The van der Waals surface area contributed by atoms with E-state index < -0.39 is 0 Å². The van der Waals surface area contributed by atoms with Crippen molar-refractivity contribution in [3.63, 3.8) is 0 Å². The molecule has 1 heterocycles. The van der Waals surface area contributed by atoms with E-state index in [1.165, 1.54) is 23.7 Å². The zero-order valence-corrected chi connectivity index (χ0v) is 22.1. The third-order valence-electron chi connectivity index (χ3n) is 7.15. The van der Waals surface area contributed by atoms with Crippen molar-refractivity contribution in [1.82, 2.24) is 9.55 Å². The van der Waals surface area contributed by atoms with Gasteiger partial charge in [-0.05, 0) is 49.9 Å². The summed E-state index contributed by atoms with van der Waals surface area (Å²) in [4.78, 5) is 32.0. The lowest BCUT2D eigenvalue weighted by atomic mass is 9.62. The van der Waals surface area contributed by atoms with Gasteiger partial charge in [-0.25, -0.2) is 4.98 Å². The van der Waals surface area contributed by atoms with Gasteiger partial charge in [-0.15, -0.1) is 0 Å². The van der Waals surface area contributed by atoms with Crippen LogP contribution in [0.4, 0.5) is 5.69 Å². The summed E-state index contributed by atoms with van der Waals surface area (Å²) in [7, 11) is 0. The van der Waals surface area contributed by atoms with Crippen molar-refractivity contribution < 1.29 is 4.79 Å². The first-order valence-corrected chi connectivity index (χ1v) is 13.8. The van der Waals surface area contributed by atoms with Crippen molar-refractivity contribution in [1.29, 1.82) is 0 Å². The Morgan fingerprint density at radius 2 is 1.94 bits per heavy atom. The van der Waals surface area contributed by atoms with Crippen LogP contribution in [-0.2, 0) is 23.2 Å². The number of thioether (sulfide) groups is 1. The molecular formula is C29H30ClN3O2S. The van der Waals surface area contributed by atoms with Crippen LogP contribution < -0.4 is 10.9 Å². The summed E-state index contributed by atoms with van der Waals surface area (Å²) in [5.74, 6) is -0.0546. The molecule has 186 valence electrons. The SMILES string of the molecule is C=C(C)Cn1c(SCC(=O)Nc2cccc(Cl)c2)nc2c(c1=O)C1(CCCCC1)Cc1ccccc1-2. The number of fused-ring (bicyclic) bond motifs is 4. The molecule has 1 saturated carbocycles. The third-order valence-corrected chi connectivity index (χ3v) is 8.36. The molecule has 5 rings (SSSR count). The molecule has 3 aromatic rings. The van der Waals surface area contributed by atoms with Gasteiger partial charge in [-0.1, -0.05) is 85.1 Å². The highest BCUT2D eigenvalue weighted by Gasteiger charge is 2.43. The first kappa shape index (κ1) is 24.8. The minimum atomic E-state index is -0.180. The van der Waals surface area contributed by atoms with Gasteiger partial charge in [0.05, 0.1) is 17.0 Å². The number of nitrogens with zero attached hydrogens (tertiary/aromatic N) is 2. The smallest absolute Gasteiger partial charge is 0.258 e. The van der Waals surface area contributed by atoms with Crippen molar-refractivity contribution in [3.05, 3.63) is 87.2 Å². The number of carbonyl (C=O) groups excluding carboxylic acids is 1. The van der Waals surface area contributed by atoms with Crippen molar-refractivity contribution in [2.45, 2.75) is 62.6 Å². The van der Waals surface area contributed by atoms with Crippen molar-refractivity contribution in [2.24, 2.45) is 0 Å². The van der Waals surface area contributed by atoms with Crippen molar-refractivity contribution >= 4 is 35.0 Å². The van der Waals surface area contributed by atoms with E-state index >= 15 is 0 Å². The number of rotatable bonds is 6. The fraction of sp³-hybridized carbons (Fsp3) is 0.345. The van der Waals surface area contributed by atoms with E-state index in [-0.39, 0.29) is 22.6 Å². The van der Waals surface area contributed by atoms with E-state index in [2.05, 4.69) is 30.1 Å². The predicted octanol–water partition coefficient (Wildman–Crippen LogP) is 6.63. The molecule has 0 unspecified atom stereocenters. The number of aromatic nitrogens is 2. The van der Waals surface area contributed by atoms with Gasteiger partial charge in [0, 0.05) is 28.2 Å². The Balaban J connectivity index is 1.55. The Morgan fingerprint density at radius 3 is 2.69 bits per heavy atom. The van der Waals surface area contributed by atoms with Gasteiger partial charge in [0.1, 0.15) is 0 Å².